The van der Waals surface area contributed by atoms with Gasteiger partial charge in [-0.3, -0.25) is 14.4 Å². The van der Waals surface area contributed by atoms with Crippen LogP contribution >= 0.6 is 0 Å². The van der Waals surface area contributed by atoms with Crippen molar-refractivity contribution in [1.29, 1.82) is 0 Å². The Morgan fingerprint density at radius 1 is 0.783 bits per heavy atom. The molecule has 4 fully saturated rings. The molecule has 16 atom stereocenters. The second kappa shape index (κ2) is 33.4. The third-order valence-electron chi connectivity index (χ3n) is 19.9. The molecule has 2 bridgehead atoms. The number of nitrogens with zero attached hydrogens (tertiary/aromatic N) is 9. The van der Waals surface area contributed by atoms with E-state index in [4.69, 9.17) is 38.5 Å². The quantitative estimate of drug-likeness (QED) is 0.0800. The van der Waals surface area contributed by atoms with E-state index >= 15 is 0 Å². The highest BCUT2D eigenvalue weighted by Gasteiger charge is 2.53. The van der Waals surface area contributed by atoms with Crippen LogP contribution < -0.4 is 9.80 Å². The van der Waals surface area contributed by atoms with Crippen LogP contribution in [0.5, 0.6) is 0 Å². The number of ether oxygens (including phenoxy) is 5. The largest absolute Gasteiger partial charge is 0.460 e. The van der Waals surface area contributed by atoms with Crippen LogP contribution in [0.2, 0.25) is 0 Å². The van der Waals surface area contributed by atoms with Crippen LogP contribution in [0.15, 0.2) is 71.3 Å². The second-order valence-corrected chi connectivity index (χ2v) is 26.9. The second-order valence-electron chi connectivity index (χ2n) is 26.9. The molecule has 2 aromatic heterocycles. The summed E-state index contributed by atoms with van der Waals surface area (Å²) >= 11 is 0. The Morgan fingerprint density at radius 2 is 1.50 bits per heavy atom. The zero-order valence-corrected chi connectivity index (χ0v) is 56.1. The number of amides is 2. The fraction of sp³-hybridized carbons (Fsp3) is 0.696. The molecule has 23 nitrogen and oxygen atoms in total. The van der Waals surface area contributed by atoms with Crippen molar-refractivity contribution in [2.75, 3.05) is 77.0 Å². The summed E-state index contributed by atoms with van der Waals surface area (Å²) in [7, 11) is 4.65. The number of anilines is 2. The van der Waals surface area contributed by atoms with Gasteiger partial charge < -0.3 is 68.5 Å². The first-order valence-corrected chi connectivity index (χ1v) is 33.4. The number of ketones is 1. The topological polar surface area (TPSA) is 281 Å². The Morgan fingerprint density at radius 3 is 2.21 bits per heavy atom. The SMILES string of the molecule is CO[C@H]1C[C@@H]2CC[C@@H](C)[C@@](O)(O2)C(=O)C(=O)N2CCCC[C@H]2C(=O)O[C@H]([C@H](C)C[C@@H]2CC[C@@H](O)[C@H](OC)C2)C[C@@H](O)[C@H](C)/C=C(\C)[C@@H](O)[C@@H](OC)C(=NOCC(=O)N2CCc3nc(N4CCN(c5ncc(C)cn5)CC4)ncc3C2)[C@H](C)C[C@H](C)/C=C/C=C/C=C/1C. The van der Waals surface area contributed by atoms with E-state index in [9.17, 15) is 39.6 Å². The third kappa shape index (κ3) is 18.2. The molecule has 6 aliphatic rings. The van der Waals surface area contributed by atoms with Gasteiger partial charge in [-0.25, -0.2) is 24.7 Å². The van der Waals surface area contributed by atoms with Crippen molar-refractivity contribution >= 4 is 41.2 Å². The maximum atomic E-state index is 14.7. The minimum Gasteiger partial charge on any atom is -0.460 e. The number of aliphatic hydroxyl groups excluding tert-OH is 3. The Bertz CT molecular complexity index is 2950. The van der Waals surface area contributed by atoms with Gasteiger partial charge in [-0.05, 0) is 119 Å². The minimum atomic E-state index is -2.45. The smallest absolute Gasteiger partial charge is 0.329 e. The van der Waals surface area contributed by atoms with Gasteiger partial charge >= 0.3 is 5.97 Å². The molecule has 0 aromatic carbocycles. The lowest BCUT2D eigenvalue weighted by atomic mass is 9.78. The number of aliphatic hydroxyl groups is 4. The van der Waals surface area contributed by atoms with Crippen LogP contribution in [0.25, 0.3) is 0 Å². The van der Waals surface area contributed by atoms with Gasteiger partial charge in [0.25, 0.3) is 17.6 Å². The van der Waals surface area contributed by atoms with Crippen LogP contribution in [0.3, 0.4) is 0 Å². The van der Waals surface area contributed by atoms with E-state index in [1.807, 2.05) is 71.3 Å². The maximum absolute atomic E-state index is 14.7. The molecule has 92 heavy (non-hydrogen) atoms. The van der Waals surface area contributed by atoms with Gasteiger partial charge in [-0.2, -0.15) is 0 Å². The van der Waals surface area contributed by atoms with Crippen molar-refractivity contribution in [3.63, 3.8) is 0 Å². The van der Waals surface area contributed by atoms with Crippen molar-refractivity contribution < 1.29 is 68.1 Å². The number of esters is 1. The summed E-state index contributed by atoms with van der Waals surface area (Å²) < 4.78 is 30.4. The number of hydrogen-bond donors (Lipinski definition) is 4. The molecule has 0 unspecified atom stereocenters. The number of Topliss-reactive ketones (excluding diaryl/α,β-unsaturated/α-hetero) is 1. The highest BCUT2D eigenvalue weighted by atomic mass is 16.6. The summed E-state index contributed by atoms with van der Waals surface area (Å²) in [5.74, 6) is -6.13. The van der Waals surface area contributed by atoms with E-state index < -0.39 is 84.1 Å². The molecule has 0 spiro atoms. The average Bonchev–Trinajstić information content (AvgIpc) is 0.794. The number of fused-ring (bicyclic) bond motifs is 4. The zero-order chi connectivity index (χ0) is 66.4. The fourth-order valence-electron chi connectivity index (χ4n) is 14.0. The molecular weight excluding hydrogens is 1180 g/mol. The number of piperidine rings is 1. The number of allylic oxidation sites excluding steroid dienone is 5. The first-order valence-electron chi connectivity index (χ1n) is 33.4. The summed E-state index contributed by atoms with van der Waals surface area (Å²) in [6.07, 6.45) is 16.7. The van der Waals surface area contributed by atoms with E-state index in [1.165, 1.54) is 12.0 Å². The van der Waals surface area contributed by atoms with Crippen LogP contribution in [0.4, 0.5) is 11.9 Å². The molecule has 1 aliphatic carbocycles. The predicted molar refractivity (Wildman–Crippen MR) is 347 cm³/mol. The predicted octanol–water partition coefficient (Wildman–Crippen LogP) is 6.58. The average molecular weight is 1280 g/mol. The third-order valence-corrected chi connectivity index (χ3v) is 19.9. The number of oxime groups is 1. The zero-order valence-electron chi connectivity index (χ0n) is 56.1. The lowest BCUT2D eigenvalue weighted by Gasteiger charge is -2.43. The van der Waals surface area contributed by atoms with Crippen LogP contribution in [0.1, 0.15) is 142 Å². The lowest BCUT2D eigenvalue weighted by Crippen LogP contribution is -2.61. The van der Waals surface area contributed by atoms with Crippen LogP contribution in [-0.2, 0) is 60.7 Å². The Kier molecular flexibility index (Phi) is 26.0. The fourth-order valence-corrected chi connectivity index (χ4v) is 14.0. The summed E-state index contributed by atoms with van der Waals surface area (Å²) in [6.45, 7) is 18.5. The molecule has 8 rings (SSSR count). The monoisotopic (exact) mass is 1280 g/mol. The van der Waals surface area contributed by atoms with Crippen molar-refractivity contribution in [2.45, 2.75) is 206 Å². The Balaban J connectivity index is 1.03. The molecular formula is C69H103N9O14. The van der Waals surface area contributed by atoms with Gasteiger partial charge in [0.15, 0.2) is 6.61 Å². The summed E-state index contributed by atoms with van der Waals surface area (Å²) in [6, 6.07) is -1.15. The summed E-state index contributed by atoms with van der Waals surface area (Å²) in [4.78, 5) is 89.4. The van der Waals surface area contributed by atoms with Gasteiger partial charge in [0.2, 0.25) is 17.7 Å². The van der Waals surface area contributed by atoms with E-state index in [0.29, 0.717) is 114 Å². The number of carbonyl (C=O) groups is 4. The normalized spacial score (nSPS) is 34.9. The molecule has 0 radical (unpaired) electrons. The number of piperazine rings is 1. The number of methoxy groups -OCH3 is 3. The lowest BCUT2D eigenvalue weighted by molar-refractivity contribution is -0.265. The van der Waals surface area contributed by atoms with Crippen molar-refractivity contribution in [3.05, 3.63) is 83.0 Å². The number of hydrogen-bond acceptors (Lipinski definition) is 21. The van der Waals surface area contributed by atoms with E-state index in [1.54, 1.807) is 45.2 Å². The number of cyclic esters (lactones) is 1. The molecule has 2 amide bonds. The Labute approximate surface area is 543 Å². The maximum Gasteiger partial charge on any atom is 0.329 e. The number of aryl methyl sites for hydroxylation is 1. The van der Waals surface area contributed by atoms with Crippen molar-refractivity contribution in [1.82, 2.24) is 29.7 Å². The molecule has 5 aliphatic heterocycles. The number of aromatic nitrogens is 4. The molecule has 23 heteroatoms. The van der Waals surface area contributed by atoms with Crippen molar-refractivity contribution in [2.24, 2.45) is 40.7 Å². The molecule has 1 saturated carbocycles. The molecule has 4 N–H and O–H groups in total. The van der Waals surface area contributed by atoms with E-state index in [0.717, 1.165) is 41.9 Å². The standard InChI is InChI=1S/C69H103N9O14/c1-42-17-13-12-14-18-44(3)57(87-9)35-52-22-20-49(8)69(86,92-52)64(83)65(84)78-25-16-15-19-54(78)66(85)91-58(46(5)33-50-21-23-55(79)59(34-50)88-10)36-56(80)45(4)32-48(7)62(82)63(89-11)61(47(6)31-42)74-90-41-60(81)77-26-24-53-51(40-77)39-72-68(73-53)76-29-27-75(28-30-76)67-70-37-43(2)38-71-67/h12-14,17-18,32,37-39,42,45-47,49-50,52,54-59,62-63,79-80,82,86H,15-16,19-31,33-36,40-41H2,1-11H3/b14-12+,17-13+,44-18+,48-32+,74-61?/t42-,45-,46-,47-,49-,50+,52+,54+,55-,56-,57+,58+,59-,62-,63+,69-/m1/s1. The highest BCUT2D eigenvalue weighted by Crippen LogP contribution is 2.38. The van der Waals surface area contributed by atoms with Crippen LogP contribution in [0, 0.1) is 42.4 Å². The molecule has 3 saturated heterocycles. The molecule has 2 aromatic rings. The molecule has 7 heterocycles. The molecule has 508 valence electrons. The van der Waals surface area contributed by atoms with Gasteiger partial charge in [0.1, 0.15) is 24.4 Å². The van der Waals surface area contributed by atoms with Gasteiger partial charge in [-0.1, -0.05) is 76.2 Å². The summed E-state index contributed by atoms with van der Waals surface area (Å²) in [5.41, 5.74) is 4.49. The van der Waals surface area contributed by atoms with Gasteiger partial charge in [0.05, 0.1) is 41.9 Å². The first kappa shape index (κ1) is 71.8. The van der Waals surface area contributed by atoms with Crippen molar-refractivity contribution in [3.8, 4) is 0 Å². The van der Waals surface area contributed by atoms with Gasteiger partial charge in [-0.15, -0.1) is 0 Å². The summed E-state index contributed by atoms with van der Waals surface area (Å²) in [5, 5.41) is 51.9. The van der Waals surface area contributed by atoms with E-state index in [-0.39, 0.29) is 61.7 Å². The minimum absolute atomic E-state index is 0.0136. The first-order chi connectivity index (χ1) is 44.0. The number of carbonyl (C=O) groups excluding carboxylic acids is 4. The number of rotatable bonds is 11. The van der Waals surface area contributed by atoms with Crippen LogP contribution in [-0.4, -0.2) is 207 Å². The Hall–Kier alpha value is -6.05. The highest BCUT2D eigenvalue weighted by molar-refractivity contribution is 6.39. The van der Waals surface area contributed by atoms with Gasteiger partial charge in [0, 0.05) is 128 Å². The van der Waals surface area contributed by atoms with E-state index in [2.05, 4.69) is 37.9 Å².